The lowest BCUT2D eigenvalue weighted by Crippen LogP contribution is -2.55. The van der Waals surface area contributed by atoms with E-state index < -0.39 is 0 Å². The summed E-state index contributed by atoms with van der Waals surface area (Å²) < 4.78 is 4.73. The molecule has 34 heavy (non-hydrogen) atoms. The van der Waals surface area contributed by atoms with Crippen molar-refractivity contribution < 1.29 is 4.57 Å². The van der Waals surface area contributed by atoms with Crippen LogP contribution in [0.3, 0.4) is 0 Å². The normalized spacial score (nSPS) is 14.5. The molecule has 1 aromatic heterocycles. The number of anilines is 1. The summed E-state index contributed by atoms with van der Waals surface area (Å²) in [4.78, 5) is 2.56. The van der Waals surface area contributed by atoms with Gasteiger partial charge in [-0.25, -0.2) is 9.13 Å². The lowest BCUT2D eigenvalue weighted by atomic mass is 9.47. The first kappa shape index (κ1) is 24.4. The van der Waals surface area contributed by atoms with Crippen molar-refractivity contribution in [3.8, 4) is 5.69 Å². The van der Waals surface area contributed by atoms with E-state index in [4.69, 9.17) is 0 Å². The van der Waals surface area contributed by atoms with Crippen LogP contribution in [-0.2, 0) is 7.05 Å². The zero-order chi connectivity index (χ0) is 24.9. The average molecular weight is 454 g/mol. The van der Waals surface area contributed by atoms with Gasteiger partial charge in [0, 0.05) is 5.22 Å². The van der Waals surface area contributed by atoms with Gasteiger partial charge in [-0.3, -0.25) is 4.81 Å². The molecule has 2 heterocycles. The molecular weight excluding hydrogens is 413 g/mol. The molecule has 3 nitrogen and oxygen atoms in total. The number of hydrogen-bond acceptors (Lipinski definition) is 1. The summed E-state index contributed by atoms with van der Waals surface area (Å²) in [6.07, 6.45) is 4.45. The summed E-state index contributed by atoms with van der Waals surface area (Å²) in [5.41, 5.74) is 6.98. The van der Waals surface area contributed by atoms with Crippen LogP contribution in [0, 0.1) is 5.41 Å². The minimum absolute atomic E-state index is 0.0589. The van der Waals surface area contributed by atoms with Gasteiger partial charge in [-0.05, 0) is 52.8 Å². The molecule has 0 atom stereocenters. The molecule has 0 fully saturated rings. The molecule has 0 unspecified atom stereocenters. The van der Waals surface area contributed by atoms with Gasteiger partial charge in [-0.1, -0.05) is 90.9 Å². The Kier molecular flexibility index (Phi) is 6.31. The van der Waals surface area contributed by atoms with E-state index in [1.54, 1.807) is 0 Å². The second-order valence-electron chi connectivity index (χ2n) is 11.5. The van der Waals surface area contributed by atoms with E-state index in [1.807, 2.05) is 0 Å². The van der Waals surface area contributed by atoms with Crippen LogP contribution in [0.15, 0.2) is 54.9 Å². The van der Waals surface area contributed by atoms with Crippen molar-refractivity contribution in [1.82, 2.24) is 4.57 Å². The first-order valence-corrected chi connectivity index (χ1v) is 12.7. The van der Waals surface area contributed by atoms with Gasteiger partial charge in [-0.2, -0.15) is 0 Å². The van der Waals surface area contributed by atoms with Gasteiger partial charge in [0.05, 0.1) is 18.9 Å². The third-order valence-electron chi connectivity index (χ3n) is 7.35. The van der Waals surface area contributed by atoms with Gasteiger partial charge in [0.15, 0.2) is 0 Å². The highest BCUT2D eigenvalue weighted by atomic mass is 15.3. The second kappa shape index (κ2) is 8.80. The smallest absolute Gasteiger partial charge is 0.287 e. The molecule has 0 bridgehead atoms. The summed E-state index contributed by atoms with van der Waals surface area (Å²) >= 11 is 0. The number of fused-ring (bicyclic) bond motifs is 1. The molecule has 2 aromatic carbocycles. The highest BCUT2D eigenvalue weighted by Gasteiger charge is 2.42. The number of hydrogen-bond donors (Lipinski definition) is 0. The minimum atomic E-state index is 0.0589. The van der Waals surface area contributed by atoms with Crippen molar-refractivity contribution in [1.29, 1.82) is 0 Å². The lowest BCUT2D eigenvalue weighted by molar-refractivity contribution is -0.656. The summed E-state index contributed by atoms with van der Waals surface area (Å²) in [7, 11) is 2.18. The maximum atomic E-state index is 2.56. The second-order valence-corrected chi connectivity index (χ2v) is 11.5. The fourth-order valence-corrected chi connectivity index (χ4v) is 5.88. The van der Waals surface area contributed by atoms with Crippen molar-refractivity contribution in [2.24, 2.45) is 12.5 Å². The molecule has 0 aliphatic carbocycles. The van der Waals surface area contributed by atoms with E-state index >= 15 is 0 Å². The van der Waals surface area contributed by atoms with Crippen LogP contribution in [0.25, 0.3) is 16.9 Å². The van der Waals surface area contributed by atoms with Crippen LogP contribution < -0.4 is 19.8 Å². The highest BCUT2D eigenvalue weighted by Crippen LogP contribution is 2.37. The predicted molar refractivity (Wildman–Crippen MR) is 147 cm³/mol. The van der Waals surface area contributed by atoms with Gasteiger partial charge >= 0.3 is 12.8 Å². The first-order valence-electron chi connectivity index (χ1n) is 12.7. The maximum Gasteiger partial charge on any atom is 0.370 e. The topological polar surface area (TPSA) is 12.1 Å². The minimum Gasteiger partial charge on any atom is -0.287 e. The predicted octanol–water partition coefficient (Wildman–Crippen LogP) is 5.55. The molecule has 178 valence electrons. The molecular formula is C30H41BN3+. The average Bonchev–Trinajstić information content (AvgIpc) is 3.13. The number of nitrogens with zero attached hydrogens (tertiary/aromatic N) is 3. The Morgan fingerprint density at radius 1 is 0.853 bits per heavy atom. The maximum absolute atomic E-state index is 2.56. The van der Waals surface area contributed by atoms with Crippen molar-refractivity contribution in [2.75, 3.05) is 4.81 Å². The standard InChI is InChI=1S/C30H41BN3/c1-20(2)23-16-13-17-24(21(3)4)27(23)33-19-18-32(10)29(33)34-22(5)25-14-11-12-15-26(25)28(31(34)9)30(6,7)8/h11-21H,1-10H3/q+1. The van der Waals surface area contributed by atoms with Crippen molar-refractivity contribution in [3.05, 3.63) is 76.4 Å². The van der Waals surface area contributed by atoms with Gasteiger partial charge < -0.3 is 0 Å². The Hall–Kier alpha value is -2.75. The van der Waals surface area contributed by atoms with Crippen molar-refractivity contribution in [3.63, 3.8) is 0 Å². The molecule has 1 aliphatic rings. The molecule has 0 saturated heterocycles. The Balaban J connectivity index is 2.07. The summed E-state index contributed by atoms with van der Waals surface area (Å²) in [6.45, 7) is 21.1. The van der Waals surface area contributed by atoms with Gasteiger partial charge in [0.2, 0.25) is 0 Å². The van der Waals surface area contributed by atoms with Gasteiger partial charge in [-0.15, -0.1) is 0 Å². The third-order valence-corrected chi connectivity index (χ3v) is 7.35. The van der Waals surface area contributed by atoms with Crippen molar-refractivity contribution >= 4 is 24.0 Å². The van der Waals surface area contributed by atoms with E-state index in [-0.39, 0.29) is 12.3 Å². The van der Waals surface area contributed by atoms with E-state index in [0.29, 0.717) is 11.8 Å². The number of imidazole rings is 1. The largest absolute Gasteiger partial charge is 0.370 e. The monoisotopic (exact) mass is 454 g/mol. The zero-order valence-corrected chi connectivity index (χ0v) is 22.8. The molecule has 0 radical (unpaired) electrons. The van der Waals surface area contributed by atoms with E-state index in [1.165, 1.54) is 44.4 Å². The third kappa shape index (κ3) is 3.91. The fraction of sp³-hybridized carbons (Fsp3) is 0.433. The van der Waals surface area contributed by atoms with Crippen LogP contribution >= 0.6 is 0 Å². The molecule has 0 spiro atoms. The molecule has 0 saturated carbocycles. The summed E-state index contributed by atoms with van der Waals surface area (Å²) in [5.74, 6) is 2.09. The molecule has 3 aromatic rings. The van der Waals surface area contributed by atoms with Crippen molar-refractivity contribution in [2.45, 2.75) is 74.0 Å². The van der Waals surface area contributed by atoms with E-state index in [9.17, 15) is 0 Å². The fourth-order valence-electron chi connectivity index (χ4n) is 5.88. The Bertz CT molecular complexity index is 1310. The lowest BCUT2D eigenvalue weighted by Gasteiger charge is -2.35. The first-order chi connectivity index (χ1) is 15.9. The highest BCUT2D eigenvalue weighted by molar-refractivity contribution is 6.81. The zero-order valence-electron chi connectivity index (χ0n) is 22.8. The Morgan fingerprint density at radius 3 is 1.94 bits per heavy atom. The Morgan fingerprint density at radius 2 is 1.41 bits per heavy atom. The Labute approximate surface area is 206 Å². The number of benzene rings is 2. The van der Waals surface area contributed by atoms with Gasteiger partial charge in [0.25, 0.3) is 0 Å². The van der Waals surface area contributed by atoms with Crippen LogP contribution in [0.5, 0.6) is 0 Å². The van der Waals surface area contributed by atoms with Crippen LogP contribution in [-0.4, -0.2) is 11.4 Å². The van der Waals surface area contributed by atoms with E-state index in [0.717, 1.165) is 0 Å². The number of para-hydroxylation sites is 1. The molecule has 0 N–H and O–H groups in total. The molecule has 1 aliphatic heterocycles. The number of aryl methyl sites for hydroxylation is 1. The SMILES string of the molecule is CB1C(C(C)(C)C)=c2ccccc2=C(C)N1c1n(-c2c(C(C)C)cccc2C(C)C)cc[n+]1C. The van der Waals surface area contributed by atoms with Crippen LogP contribution in [0.1, 0.15) is 78.4 Å². The van der Waals surface area contributed by atoms with Crippen LogP contribution in [0.2, 0.25) is 6.82 Å². The molecule has 0 amide bonds. The molecule has 4 rings (SSSR count). The number of aromatic nitrogens is 2. The van der Waals surface area contributed by atoms with Crippen LogP contribution in [0.4, 0.5) is 5.95 Å². The quantitative estimate of drug-likeness (QED) is 0.372. The van der Waals surface area contributed by atoms with Gasteiger partial charge in [0.1, 0.15) is 11.9 Å². The number of rotatable bonds is 4. The molecule has 4 heteroatoms. The summed E-state index contributed by atoms with van der Waals surface area (Å²) in [5, 5.41) is 2.72. The van der Waals surface area contributed by atoms with E-state index in [2.05, 4.69) is 138 Å². The summed E-state index contributed by atoms with van der Waals surface area (Å²) in [6, 6.07) is 15.8.